The molecule has 244 valence electrons. The van der Waals surface area contributed by atoms with Crippen LogP contribution in [0.15, 0.2) is 204 Å². The maximum Gasteiger partial charge on any atom is 0.145 e. The molecule has 0 saturated carbocycles. The number of hydrogen-bond donors (Lipinski definition) is 0. The summed E-state index contributed by atoms with van der Waals surface area (Å²) in [5.74, 6) is 0. The molecule has 0 radical (unpaired) electrons. The molecule has 0 atom stereocenters. The van der Waals surface area contributed by atoms with Crippen LogP contribution in [0.1, 0.15) is 9.60 Å². The van der Waals surface area contributed by atoms with Crippen molar-refractivity contribution in [1.29, 1.82) is 0 Å². The Morgan fingerprint density at radius 2 is 1.00 bits per heavy atom. The average molecular weight is 671 g/mol. The fourth-order valence-electron chi connectivity index (χ4n) is 7.18. The van der Waals surface area contributed by atoms with Gasteiger partial charge < -0.3 is 9.32 Å². The molecule has 0 N–H and O–H groups in total. The lowest BCUT2D eigenvalue weighted by molar-refractivity contribution is 0.674. The third-order valence-electron chi connectivity index (χ3n) is 9.66. The van der Waals surface area contributed by atoms with Gasteiger partial charge in [-0.05, 0) is 86.4 Å². The third kappa shape index (κ3) is 5.04. The van der Waals surface area contributed by atoms with Crippen molar-refractivity contribution in [1.82, 2.24) is 0 Å². The van der Waals surface area contributed by atoms with Gasteiger partial charge in [-0.3, -0.25) is 0 Å². The molecule has 9 aromatic carbocycles. The van der Waals surface area contributed by atoms with Crippen LogP contribution in [0, 0.1) is 0 Å². The molecule has 0 amide bonds. The van der Waals surface area contributed by atoms with Crippen molar-refractivity contribution in [2.24, 2.45) is 0 Å². The summed E-state index contributed by atoms with van der Waals surface area (Å²) in [4.78, 5) is 1.94. The second-order valence-corrected chi connectivity index (χ2v) is 12.7. The number of hydrogen-bond acceptors (Lipinski definition) is 2. The molecule has 0 saturated heterocycles. The molecular weight excluding hydrogens is 631 g/mol. The first kappa shape index (κ1) is 23.5. The standard InChI is InChI=1S/C50H33NO/c1-4-14-34(15-5-1)36-24-27-40(28-25-36)51(41-29-26-35-16-10-11-21-39(35)32-41)47-31-30-42(37-17-6-2-7-18-37)50-48(47)46-33-45(38-19-8-3-9-20-38)43-22-12-13-23-44(43)49(46)52-50/h1-33H/i12D,13D,22D,23D,30D,31D,33D. The van der Waals surface area contributed by atoms with Crippen molar-refractivity contribution < 1.29 is 14.0 Å². The van der Waals surface area contributed by atoms with E-state index in [0.29, 0.717) is 44.7 Å². The second kappa shape index (κ2) is 12.5. The van der Waals surface area contributed by atoms with Crippen LogP contribution in [0.25, 0.3) is 76.9 Å². The normalized spacial score (nSPS) is 13.3. The molecule has 10 rings (SSSR count). The van der Waals surface area contributed by atoms with Gasteiger partial charge in [0.15, 0.2) is 0 Å². The average Bonchev–Trinajstić information content (AvgIpc) is 3.67. The van der Waals surface area contributed by atoms with E-state index in [2.05, 4.69) is 0 Å². The highest BCUT2D eigenvalue weighted by Crippen LogP contribution is 2.49. The Kier molecular flexibility index (Phi) is 5.63. The number of benzene rings is 9. The van der Waals surface area contributed by atoms with Gasteiger partial charge in [-0.25, -0.2) is 0 Å². The third-order valence-corrected chi connectivity index (χ3v) is 9.66. The van der Waals surface area contributed by atoms with E-state index in [4.69, 9.17) is 8.53 Å². The summed E-state index contributed by atoms with van der Waals surface area (Å²) in [6.45, 7) is 0. The number of furan rings is 1. The minimum atomic E-state index is -0.428. The zero-order valence-corrected chi connectivity index (χ0v) is 27.9. The molecule has 0 unspecified atom stereocenters. The molecule has 2 heteroatoms. The Bertz CT molecular complexity index is 3280. The molecule has 10 aromatic rings. The number of fused-ring (bicyclic) bond motifs is 6. The first-order chi connectivity index (χ1) is 28.7. The van der Waals surface area contributed by atoms with Crippen LogP contribution in [-0.4, -0.2) is 0 Å². The van der Waals surface area contributed by atoms with E-state index in [9.17, 15) is 5.48 Å². The summed E-state index contributed by atoms with van der Waals surface area (Å²) in [7, 11) is 0. The molecular formula is C50H33NO. The molecule has 0 aliphatic rings. The van der Waals surface area contributed by atoms with Crippen LogP contribution >= 0.6 is 0 Å². The molecule has 1 aromatic heterocycles. The van der Waals surface area contributed by atoms with Crippen LogP contribution in [0.3, 0.4) is 0 Å². The Hall–Kier alpha value is -6.90. The highest BCUT2D eigenvalue weighted by molar-refractivity contribution is 6.24. The SMILES string of the molecule is [2H]c1c([2H])c(N(c2ccc(-c3ccccc3)cc2)c2ccc3ccccc3c2)c2c(oc3c4c([2H])c([2H])c([2H])c([2H])c4c(-c4ccccc4)c([2H])c32)c1-c1ccccc1. The lowest BCUT2D eigenvalue weighted by Gasteiger charge is -2.27. The molecule has 0 bridgehead atoms. The van der Waals surface area contributed by atoms with Crippen molar-refractivity contribution in [3.63, 3.8) is 0 Å². The maximum absolute atomic E-state index is 10.1. The van der Waals surface area contributed by atoms with Gasteiger partial charge in [-0.15, -0.1) is 0 Å². The van der Waals surface area contributed by atoms with Crippen molar-refractivity contribution in [2.45, 2.75) is 0 Å². The van der Waals surface area contributed by atoms with Gasteiger partial charge in [0.05, 0.1) is 20.7 Å². The van der Waals surface area contributed by atoms with E-state index >= 15 is 0 Å². The van der Waals surface area contributed by atoms with Crippen LogP contribution in [-0.2, 0) is 0 Å². The number of anilines is 3. The molecule has 0 fully saturated rings. The summed E-state index contributed by atoms with van der Waals surface area (Å²) in [6, 6.07) is 49.0. The highest BCUT2D eigenvalue weighted by Gasteiger charge is 2.24. The summed E-state index contributed by atoms with van der Waals surface area (Å²) < 4.78 is 72.6. The molecule has 0 aliphatic heterocycles. The second-order valence-electron chi connectivity index (χ2n) is 12.7. The predicted octanol–water partition coefficient (Wildman–Crippen LogP) is 14.4. The largest absolute Gasteiger partial charge is 0.455 e. The predicted molar refractivity (Wildman–Crippen MR) is 220 cm³/mol. The van der Waals surface area contributed by atoms with Gasteiger partial charge in [0.25, 0.3) is 0 Å². The first-order valence-electron chi connectivity index (χ1n) is 20.7. The Labute approximate surface area is 312 Å². The van der Waals surface area contributed by atoms with E-state index < -0.39 is 12.1 Å². The number of rotatable bonds is 6. The zero-order chi connectivity index (χ0) is 40.5. The van der Waals surface area contributed by atoms with E-state index in [1.165, 1.54) is 0 Å². The van der Waals surface area contributed by atoms with Gasteiger partial charge >= 0.3 is 0 Å². The Balaban J connectivity index is 1.41. The zero-order valence-electron chi connectivity index (χ0n) is 34.9. The van der Waals surface area contributed by atoms with Gasteiger partial charge in [0.2, 0.25) is 0 Å². The van der Waals surface area contributed by atoms with E-state index in [1.807, 2.05) is 163 Å². The summed E-state index contributed by atoms with van der Waals surface area (Å²) in [6.07, 6.45) is 0. The van der Waals surface area contributed by atoms with Gasteiger partial charge in [0, 0.05) is 27.7 Å². The summed E-state index contributed by atoms with van der Waals surface area (Å²) in [5.41, 5.74) is 5.99. The lowest BCUT2D eigenvalue weighted by Crippen LogP contribution is -2.10. The smallest absolute Gasteiger partial charge is 0.145 e. The van der Waals surface area contributed by atoms with Crippen LogP contribution in [0.2, 0.25) is 0 Å². The van der Waals surface area contributed by atoms with Gasteiger partial charge in [-0.1, -0.05) is 158 Å². The minimum absolute atomic E-state index is 0.0160. The molecule has 1 heterocycles. The van der Waals surface area contributed by atoms with Crippen LogP contribution in [0.5, 0.6) is 0 Å². The fourth-order valence-corrected chi connectivity index (χ4v) is 7.18. The topological polar surface area (TPSA) is 16.4 Å². The van der Waals surface area contributed by atoms with Gasteiger partial charge in [0.1, 0.15) is 11.2 Å². The monoisotopic (exact) mass is 670 g/mol. The maximum atomic E-state index is 10.1. The summed E-state index contributed by atoms with van der Waals surface area (Å²) in [5, 5.41) is 2.96. The van der Waals surface area contributed by atoms with Crippen molar-refractivity contribution in [2.75, 3.05) is 4.90 Å². The van der Waals surface area contributed by atoms with Gasteiger partial charge in [-0.2, -0.15) is 0 Å². The first-order valence-corrected chi connectivity index (χ1v) is 17.2. The quantitative estimate of drug-likeness (QED) is 0.175. The molecule has 0 aliphatic carbocycles. The minimum Gasteiger partial charge on any atom is -0.455 e. The van der Waals surface area contributed by atoms with E-state index in [0.717, 1.165) is 21.9 Å². The highest BCUT2D eigenvalue weighted by atomic mass is 16.3. The van der Waals surface area contributed by atoms with E-state index in [-0.39, 0.29) is 57.5 Å². The van der Waals surface area contributed by atoms with E-state index in [1.54, 1.807) is 0 Å². The lowest BCUT2D eigenvalue weighted by atomic mass is 9.94. The van der Waals surface area contributed by atoms with Crippen LogP contribution in [0.4, 0.5) is 17.1 Å². The van der Waals surface area contributed by atoms with Crippen molar-refractivity contribution in [3.8, 4) is 33.4 Å². The Morgan fingerprint density at radius 3 is 1.71 bits per heavy atom. The molecule has 52 heavy (non-hydrogen) atoms. The molecule has 2 nitrogen and oxygen atoms in total. The fraction of sp³-hybridized carbons (Fsp3) is 0. The summed E-state index contributed by atoms with van der Waals surface area (Å²) >= 11 is 0. The van der Waals surface area contributed by atoms with Crippen molar-refractivity contribution >= 4 is 60.5 Å². The van der Waals surface area contributed by atoms with Crippen LogP contribution < -0.4 is 4.90 Å². The molecule has 0 spiro atoms. The van der Waals surface area contributed by atoms with Crippen molar-refractivity contribution in [3.05, 3.63) is 200 Å². The Morgan fingerprint density at radius 1 is 0.423 bits per heavy atom. The number of nitrogens with zero attached hydrogens (tertiary/aromatic N) is 1.